The first-order chi connectivity index (χ1) is 10.6. The van der Waals surface area contributed by atoms with Gasteiger partial charge in [0.1, 0.15) is 11.6 Å². The molecular weight excluding hydrogens is 327 g/mol. The van der Waals surface area contributed by atoms with Gasteiger partial charge in [0.15, 0.2) is 5.13 Å². The molecule has 0 saturated heterocycles. The number of amides is 1. The Kier molecular flexibility index (Phi) is 3.96. The molecule has 1 aromatic heterocycles. The number of halogens is 2. The minimum atomic E-state index is -0.464. The Morgan fingerprint density at radius 3 is 2.91 bits per heavy atom. The predicted molar refractivity (Wildman–Crippen MR) is 85.5 cm³/mol. The Bertz CT molecular complexity index is 866. The van der Waals surface area contributed by atoms with Gasteiger partial charge < -0.3 is 4.74 Å². The van der Waals surface area contributed by atoms with Crippen molar-refractivity contribution in [2.24, 2.45) is 0 Å². The van der Waals surface area contributed by atoms with Gasteiger partial charge in [0, 0.05) is 11.6 Å². The lowest BCUT2D eigenvalue weighted by atomic mass is 10.2. The summed E-state index contributed by atoms with van der Waals surface area (Å²) < 4.78 is 19.1. The number of aromatic nitrogens is 1. The Balaban J connectivity index is 1.89. The molecule has 0 spiro atoms. The third-order valence-electron chi connectivity index (χ3n) is 2.97. The van der Waals surface area contributed by atoms with Gasteiger partial charge in [0.2, 0.25) is 0 Å². The minimum absolute atomic E-state index is 0.231. The van der Waals surface area contributed by atoms with Crippen LogP contribution in [0, 0.1) is 5.82 Å². The van der Waals surface area contributed by atoms with E-state index in [1.165, 1.54) is 42.7 Å². The molecular formula is C15H10ClFN2O2S. The summed E-state index contributed by atoms with van der Waals surface area (Å²) in [6, 6.07) is 8.89. The highest BCUT2D eigenvalue weighted by Gasteiger charge is 2.12. The molecule has 0 saturated carbocycles. The smallest absolute Gasteiger partial charge is 0.257 e. The maximum atomic E-state index is 13.1. The van der Waals surface area contributed by atoms with Crippen LogP contribution in [0.2, 0.25) is 5.02 Å². The number of carbonyl (C=O) groups excluding carboxylic acids is 1. The summed E-state index contributed by atoms with van der Waals surface area (Å²) in [6.07, 6.45) is 0. The van der Waals surface area contributed by atoms with Gasteiger partial charge in [-0.1, -0.05) is 29.0 Å². The zero-order valence-electron chi connectivity index (χ0n) is 11.4. The van der Waals surface area contributed by atoms with E-state index < -0.39 is 11.7 Å². The molecule has 1 heterocycles. The Labute approximate surface area is 134 Å². The van der Waals surface area contributed by atoms with Gasteiger partial charge in [0.25, 0.3) is 5.91 Å². The van der Waals surface area contributed by atoms with Crippen molar-refractivity contribution < 1.29 is 13.9 Å². The zero-order chi connectivity index (χ0) is 15.7. The number of ether oxygens (including phenoxy) is 1. The van der Waals surface area contributed by atoms with Gasteiger partial charge in [-0.3, -0.25) is 10.1 Å². The third kappa shape index (κ3) is 2.88. The average molecular weight is 337 g/mol. The van der Waals surface area contributed by atoms with Crippen molar-refractivity contribution in [3.8, 4) is 5.75 Å². The summed E-state index contributed by atoms with van der Waals surface area (Å²) in [5, 5.41) is 3.51. The number of thiazole rings is 1. The first-order valence-corrected chi connectivity index (χ1v) is 7.47. The lowest BCUT2D eigenvalue weighted by molar-refractivity contribution is 0.102. The topological polar surface area (TPSA) is 51.2 Å². The number of rotatable bonds is 3. The van der Waals surface area contributed by atoms with Crippen LogP contribution in [-0.2, 0) is 0 Å². The lowest BCUT2D eigenvalue weighted by Crippen LogP contribution is -2.11. The molecule has 2 aromatic carbocycles. The molecule has 112 valence electrons. The zero-order valence-corrected chi connectivity index (χ0v) is 13.0. The molecule has 0 aliphatic carbocycles. The second kappa shape index (κ2) is 5.90. The fourth-order valence-corrected chi connectivity index (χ4v) is 3.04. The standard InChI is InChI=1S/C15H10ClFN2O2S/c1-21-12-7-13-11(6-10(12)16)18-15(22-13)19-14(20)8-3-2-4-9(17)5-8/h2-7H,1H3,(H,18,19,20). The predicted octanol–water partition coefficient (Wildman–Crippen LogP) is 4.35. The maximum Gasteiger partial charge on any atom is 0.257 e. The third-order valence-corrected chi connectivity index (χ3v) is 4.20. The van der Waals surface area contributed by atoms with E-state index in [4.69, 9.17) is 16.3 Å². The number of methoxy groups -OCH3 is 1. The van der Waals surface area contributed by atoms with E-state index in [1.54, 1.807) is 12.1 Å². The van der Waals surface area contributed by atoms with Crippen LogP contribution in [0.25, 0.3) is 10.2 Å². The van der Waals surface area contributed by atoms with Gasteiger partial charge in [0.05, 0.1) is 22.3 Å². The van der Waals surface area contributed by atoms with Crippen LogP contribution in [0.1, 0.15) is 10.4 Å². The van der Waals surface area contributed by atoms with Crippen molar-refractivity contribution in [3.05, 3.63) is 52.8 Å². The molecule has 3 rings (SSSR count). The van der Waals surface area contributed by atoms with Gasteiger partial charge in [-0.2, -0.15) is 0 Å². The summed E-state index contributed by atoms with van der Waals surface area (Å²) in [4.78, 5) is 16.4. The van der Waals surface area contributed by atoms with Crippen molar-refractivity contribution in [2.75, 3.05) is 12.4 Å². The van der Waals surface area contributed by atoms with Crippen molar-refractivity contribution in [1.29, 1.82) is 0 Å². The van der Waals surface area contributed by atoms with E-state index in [1.807, 2.05) is 0 Å². The number of carbonyl (C=O) groups is 1. The molecule has 0 aliphatic rings. The van der Waals surface area contributed by atoms with Gasteiger partial charge in [-0.15, -0.1) is 0 Å². The van der Waals surface area contributed by atoms with Crippen LogP contribution in [0.5, 0.6) is 5.75 Å². The summed E-state index contributed by atoms with van der Waals surface area (Å²) in [6.45, 7) is 0. The fraction of sp³-hybridized carbons (Fsp3) is 0.0667. The number of nitrogens with zero attached hydrogens (tertiary/aromatic N) is 1. The molecule has 7 heteroatoms. The van der Waals surface area contributed by atoms with E-state index in [2.05, 4.69) is 10.3 Å². The number of nitrogens with one attached hydrogen (secondary N) is 1. The van der Waals surface area contributed by atoms with Gasteiger partial charge in [-0.25, -0.2) is 9.37 Å². The van der Waals surface area contributed by atoms with Crippen LogP contribution in [0.4, 0.5) is 9.52 Å². The lowest BCUT2D eigenvalue weighted by Gasteiger charge is -2.01. The van der Waals surface area contributed by atoms with Crippen molar-refractivity contribution in [3.63, 3.8) is 0 Å². The Morgan fingerprint density at radius 2 is 2.18 bits per heavy atom. The molecule has 3 aromatic rings. The van der Waals surface area contributed by atoms with E-state index in [0.29, 0.717) is 21.4 Å². The number of anilines is 1. The summed E-state index contributed by atoms with van der Waals surface area (Å²) in [5.74, 6) is -0.342. The average Bonchev–Trinajstić information content (AvgIpc) is 2.87. The quantitative estimate of drug-likeness (QED) is 0.773. The molecule has 22 heavy (non-hydrogen) atoms. The SMILES string of the molecule is COc1cc2sc(NC(=O)c3cccc(F)c3)nc2cc1Cl. The Hall–Kier alpha value is -2.18. The highest BCUT2D eigenvalue weighted by molar-refractivity contribution is 7.22. The van der Waals surface area contributed by atoms with Crippen LogP contribution in [0.15, 0.2) is 36.4 Å². The van der Waals surface area contributed by atoms with E-state index >= 15 is 0 Å². The molecule has 1 N–H and O–H groups in total. The summed E-state index contributed by atoms with van der Waals surface area (Å²) in [5.41, 5.74) is 0.889. The van der Waals surface area contributed by atoms with E-state index in [9.17, 15) is 9.18 Å². The minimum Gasteiger partial charge on any atom is -0.495 e. The normalized spacial score (nSPS) is 10.7. The van der Waals surface area contributed by atoms with Crippen molar-refractivity contribution >= 4 is 44.2 Å². The van der Waals surface area contributed by atoms with Gasteiger partial charge in [-0.05, 0) is 24.3 Å². The second-order valence-corrected chi connectivity index (χ2v) is 5.88. The van der Waals surface area contributed by atoms with Crippen LogP contribution in [-0.4, -0.2) is 18.0 Å². The van der Waals surface area contributed by atoms with Crippen LogP contribution >= 0.6 is 22.9 Å². The van der Waals surface area contributed by atoms with Gasteiger partial charge >= 0.3 is 0 Å². The summed E-state index contributed by atoms with van der Waals surface area (Å²) in [7, 11) is 1.53. The van der Waals surface area contributed by atoms with Crippen molar-refractivity contribution in [2.45, 2.75) is 0 Å². The van der Waals surface area contributed by atoms with E-state index in [-0.39, 0.29) is 5.56 Å². The highest BCUT2D eigenvalue weighted by atomic mass is 35.5. The second-order valence-electron chi connectivity index (χ2n) is 4.44. The number of hydrogen-bond acceptors (Lipinski definition) is 4. The fourth-order valence-electron chi connectivity index (χ4n) is 1.94. The molecule has 0 unspecified atom stereocenters. The monoisotopic (exact) mass is 336 g/mol. The van der Waals surface area contributed by atoms with Crippen molar-refractivity contribution in [1.82, 2.24) is 4.98 Å². The molecule has 0 fully saturated rings. The molecule has 1 amide bonds. The van der Waals surface area contributed by atoms with Crippen LogP contribution < -0.4 is 10.1 Å². The molecule has 0 radical (unpaired) electrons. The number of benzene rings is 2. The molecule has 0 aliphatic heterocycles. The first-order valence-electron chi connectivity index (χ1n) is 6.28. The highest BCUT2D eigenvalue weighted by Crippen LogP contribution is 2.34. The molecule has 0 atom stereocenters. The molecule has 0 bridgehead atoms. The number of fused-ring (bicyclic) bond motifs is 1. The largest absolute Gasteiger partial charge is 0.495 e. The Morgan fingerprint density at radius 1 is 1.36 bits per heavy atom. The summed E-state index contributed by atoms with van der Waals surface area (Å²) >= 11 is 7.33. The van der Waals surface area contributed by atoms with Crippen LogP contribution in [0.3, 0.4) is 0 Å². The maximum absolute atomic E-state index is 13.1. The van der Waals surface area contributed by atoms with E-state index in [0.717, 1.165) is 4.70 Å². The first kappa shape index (κ1) is 14.7. The molecule has 4 nitrogen and oxygen atoms in total. The number of hydrogen-bond donors (Lipinski definition) is 1.